The van der Waals surface area contributed by atoms with E-state index in [0.717, 1.165) is 24.2 Å². The number of ether oxygens (including phenoxy) is 1. The van der Waals surface area contributed by atoms with Crippen LogP contribution in [0, 0.1) is 0 Å². The van der Waals surface area contributed by atoms with Gasteiger partial charge >= 0.3 is 0 Å². The zero-order chi connectivity index (χ0) is 21.0. The molecule has 1 aliphatic rings. The highest BCUT2D eigenvalue weighted by atomic mass is 32.2. The molecular formula is C21H27N3O4S. The molecule has 1 fully saturated rings. The molecule has 1 aliphatic carbocycles. The van der Waals surface area contributed by atoms with Gasteiger partial charge in [-0.1, -0.05) is 18.2 Å². The summed E-state index contributed by atoms with van der Waals surface area (Å²) in [6.45, 7) is 0.371. The van der Waals surface area contributed by atoms with Crippen LogP contribution in [0.3, 0.4) is 0 Å². The predicted molar refractivity (Wildman–Crippen MR) is 112 cm³/mol. The maximum atomic E-state index is 12.7. The number of benzene rings is 2. The largest absolute Gasteiger partial charge is 0.497 e. The molecule has 0 aliphatic heterocycles. The number of carbonyl (C=O) groups is 1. The molecule has 1 atom stereocenters. The maximum absolute atomic E-state index is 12.7. The van der Waals surface area contributed by atoms with Crippen molar-refractivity contribution < 1.29 is 17.9 Å². The van der Waals surface area contributed by atoms with Crippen LogP contribution in [0.2, 0.25) is 0 Å². The molecule has 29 heavy (non-hydrogen) atoms. The van der Waals surface area contributed by atoms with Gasteiger partial charge in [0.2, 0.25) is 10.0 Å². The first-order chi connectivity index (χ1) is 13.8. The number of amides is 1. The standard InChI is InChI=1S/C21H27N3O4S/c1-24(2)20(15-6-4-8-18(12-15)28-3)14-22-21(25)16-7-5-9-19(13-16)29(26,27)23-17-10-11-17/h4-9,12-13,17,20,23H,10-11,14H2,1-3H3,(H,22,25). The Bertz CT molecular complexity index is 971. The summed E-state index contributed by atoms with van der Waals surface area (Å²) in [4.78, 5) is 14.8. The highest BCUT2D eigenvalue weighted by Crippen LogP contribution is 2.23. The topological polar surface area (TPSA) is 87.7 Å². The lowest BCUT2D eigenvalue weighted by atomic mass is 10.1. The third kappa shape index (κ3) is 5.56. The Labute approximate surface area is 172 Å². The van der Waals surface area contributed by atoms with Gasteiger partial charge < -0.3 is 15.0 Å². The van der Waals surface area contributed by atoms with Gasteiger partial charge in [0.1, 0.15) is 5.75 Å². The molecule has 156 valence electrons. The lowest BCUT2D eigenvalue weighted by molar-refractivity contribution is 0.0941. The molecule has 8 heteroatoms. The van der Waals surface area contributed by atoms with Crippen molar-refractivity contribution in [2.24, 2.45) is 0 Å². The van der Waals surface area contributed by atoms with E-state index in [1.165, 1.54) is 12.1 Å². The van der Waals surface area contributed by atoms with Gasteiger partial charge in [-0.3, -0.25) is 4.79 Å². The average molecular weight is 418 g/mol. The molecule has 7 nitrogen and oxygen atoms in total. The monoisotopic (exact) mass is 417 g/mol. The molecule has 2 aromatic carbocycles. The van der Waals surface area contributed by atoms with Crippen molar-refractivity contribution in [1.82, 2.24) is 14.9 Å². The number of likely N-dealkylation sites (N-methyl/N-ethyl adjacent to an activating group) is 1. The first-order valence-electron chi connectivity index (χ1n) is 9.51. The summed E-state index contributed by atoms with van der Waals surface area (Å²) in [6.07, 6.45) is 1.71. The van der Waals surface area contributed by atoms with E-state index in [-0.39, 0.29) is 22.9 Å². The summed E-state index contributed by atoms with van der Waals surface area (Å²) in [6, 6.07) is 13.8. The van der Waals surface area contributed by atoms with E-state index in [1.54, 1.807) is 19.2 Å². The van der Waals surface area contributed by atoms with Gasteiger partial charge in [-0.05, 0) is 62.8 Å². The Morgan fingerprint density at radius 2 is 1.90 bits per heavy atom. The molecule has 1 unspecified atom stereocenters. The van der Waals surface area contributed by atoms with Crippen LogP contribution in [0.5, 0.6) is 5.75 Å². The Hall–Kier alpha value is -2.42. The number of methoxy groups -OCH3 is 1. The third-order valence-electron chi connectivity index (χ3n) is 4.86. The minimum atomic E-state index is -3.60. The molecule has 2 aromatic rings. The van der Waals surface area contributed by atoms with Gasteiger partial charge in [-0.2, -0.15) is 0 Å². The van der Waals surface area contributed by atoms with E-state index < -0.39 is 10.0 Å². The lowest BCUT2D eigenvalue weighted by Gasteiger charge is -2.25. The molecule has 0 heterocycles. The fourth-order valence-corrected chi connectivity index (χ4v) is 4.38. The van der Waals surface area contributed by atoms with Gasteiger partial charge in [0, 0.05) is 18.2 Å². The number of rotatable bonds is 9. The second-order valence-electron chi connectivity index (χ2n) is 7.39. The van der Waals surface area contributed by atoms with Crippen molar-refractivity contribution in [1.29, 1.82) is 0 Å². The minimum Gasteiger partial charge on any atom is -0.497 e. The van der Waals surface area contributed by atoms with Crippen LogP contribution < -0.4 is 14.8 Å². The second kappa shape index (κ2) is 8.94. The normalized spacial score (nSPS) is 15.2. The van der Waals surface area contributed by atoms with E-state index in [9.17, 15) is 13.2 Å². The van der Waals surface area contributed by atoms with E-state index in [1.807, 2.05) is 43.3 Å². The maximum Gasteiger partial charge on any atom is 0.251 e. The third-order valence-corrected chi connectivity index (χ3v) is 6.38. The van der Waals surface area contributed by atoms with E-state index >= 15 is 0 Å². The van der Waals surface area contributed by atoms with Crippen LogP contribution in [0.4, 0.5) is 0 Å². The molecule has 0 bridgehead atoms. The van der Waals surface area contributed by atoms with Crippen LogP contribution in [0.1, 0.15) is 34.8 Å². The van der Waals surface area contributed by atoms with Crippen molar-refractivity contribution in [3.63, 3.8) is 0 Å². The summed E-state index contributed by atoms with van der Waals surface area (Å²) < 4.78 is 32.7. The van der Waals surface area contributed by atoms with Crippen LogP contribution in [-0.2, 0) is 10.0 Å². The SMILES string of the molecule is COc1cccc(C(CNC(=O)c2cccc(S(=O)(=O)NC3CC3)c2)N(C)C)c1. The molecule has 0 radical (unpaired) electrons. The van der Waals surface area contributed by atoms with Crippen LogP contribution >= 0.6 is 0 Å². The highest BCUT2D eigenvalue weighted by molar-refractivity contribution is 7.89. The molecule has 0 saturated heterocycles. The van der Waals surface area contributed by atoms with Crippen molar-refractivity contribution in [3.8, 4) is 5.75 Å². The molecule has 2 N–H and O–H groups in total. The van der Waals surface area contributed by atoms with Gasteiger partial charge in [0.05, 0.1) is 18.0 Å². The Morgan fingerprint density at radius 3 is 2.55 bits per heavy atom. The van der Waals surface area contributed by atoms with Gasteiger partial charge in [-0.15, -0.1) is 0 Å². The summed E-state index contributed by atoms with van der Waals surface area (Å²) in [7, 11) is 1.89. The molecular weight excluding hydrogens is 390 g/mol. The molecule has 1 saturated carbocycles. The number of carbonyl (C=O) groups excluding carboxylic acids is 1. The van der Waals surface area contributed by atoms with Crippen molar-refractivity contribution >= 4 is 15.9 Å². The number of sulfonamides is 1. The van der Waals surface area contributed by atoms with E-state index in [0.29, 0.717) is 12.1 Å². The second-order valence-corrected chi connectivity index (χ2v) is 9.10. The van der Waals surface area contributed by atoms with Crippen molar-refractivity contribution in [2.45, 2.75) is 29.8 Å². The molecule has 3 rings (SSSR count). The number of hydrogen-bond acceptors (Lipinski definition) is 5. The van der Waals surface area contributed by atoms with Gasteiger partial charge in [-0.25, -0.2) is 13.1 Å². The summed E-state index contributed by atoms with van der Waals surface area (Å²) >= 11 is 0. The zero-order valence-corrected chi connectivity index (χ0v) is 17.7. The quantitative estimate of drug-likeness (QED) is 0.653. The fraction of sp³-hybridized carbons (Fsp3) is 0.381. The van der Waals surface area contributed by atoms with E-state index in [2.05, 4.69) is 10.0 Å². The lowest BCUT2D eigenvalue weighted by Crippen LogP contribution is -2.34. The molecule has 1 amide bonds. The Kier molecular flexibility index (Phi) is 6.56. The Morgan fingerprint density at radius 1 is 1.17 bits per heavy atom. The van der Waals surface area contributed by atoms with Crippen LogP contribution in [0.25, 0.3) is 0 Å². The van der Waals surface area contributed by atoms with Crippen molar-refractivity contribution in [3.05, 3.63) is 59.7 Å². The fourth-order valence-electron chi connectivity index (χ4n) is 3.03. The van der Waals surface area contributed by atoms with Gasteiger partial charge in [0.15, 0.2) is 0 Å². The number of nitrogens with one attached hydrogen (secondary N) is 2. The van der Waals surface area contributed by atoms with Crippen LogP contribution in [-0.4, -0.2) is 53.0 Å². The smallest absolute Gasteiger partial charge is 0.251 e. The summed E-state index contributed by atoms with van der Waals surface area (Å²) in [5.41, 5.74) is 1.33. The van der Waals surface area contributed by atoms with Gasteiger partial charge in [0.25, 0.3) is 5.91 Å². The first-order valence-corrected chi connectivity index (χ1v) is 11.0. The number of hydrogen-bond donors (Lipinski definition) is 2. The number of nitrogens with zero attached hydrogens (tertiary/aromatic N) is 1. The van der Waals surface area contributed by atoms with Crippen molar-refractivity contribution in [2.75, 3.05) is 27.7 Å². The summed E-state index contributed by atoms with van der Waals surface area (Å²) in [5, 5.41) is 2.91. The zero-order valence-electron chi connectivity index (χ0n) is 16.9. The summed E-state index contributed by atoms with van der Waals surface area (Å²) in [5.74, 6) is 0.435. The van der Waals surface area contributed by atoms with E-state index in [4.69, 9.17) is 4.74 Å². The highest BCUT2D eigenvalue weighted by Gasteiger charge is 2.28. The first kappa shape index (κ1) is 21.3. The minimum absolute atomic E-state index is 0.0150. The Balaban J connectivity index is 1.71. The molecule has 0 spiro atoms. The van der Waals surface area contributed by atoms with Crippen LogP contribution in [0.15, 0.2) is 53.4 Å². The molecule has 0 aromatic heterocycles. The predicted octanol–water partition coefficient (Wildman–Crippen LogP) is 2.17. The average Bonchev–Trinajstić information content (AvgIpc) is 3.51.